The van der Waals surface area contributed by atoms with Gasteiger partial charge >= 0.3 is 0 Å². The summed E-state index contributed by atoms with van der Waals surface area (Å²) in [5, 5.41) is 2.11. The predicted molar refractivity (Wildman–Crippen MR) is 69.2 cm³/mol. The quantitative estimate of drug-likeness (QED) is 0.610. The molecule has 1 amide bonds. The molecule has 0 aromatic heterocycles. The van der Waals surface area contributed by atoms with Crippen LogP contribution in [0.4, 0.5) is 15.8 Å². The molecule has 0 bridgehead atoms. The summed E-state index contributed by atoms with van der Waals surface area (Å²) >= 11 is 4.46. The highest BCUT2D eigenvalue weighted by molar-refractivity contribution is 7.78. The summed E-state index contributed by atoms with van der Waals surface area (Å²) in [5.74, 6) is -0.380. The zero-order valence-corrected chi connectivity index (χ0v) is 10.8. The standard InChI is InChI=1S/C12H11FN2O2S/c1-7(2)15-10-4-9(14-6-18)8(13)3-11(10)17-5-12(15)16/h3-4,7H,5H2,1-2H3. The number of thiocarbonyl (C=S) groups is 1. The molecular formula is C12H11FN2O2S. The monoisotopic (exact) mass is 266 g/mol. The number of halogens is 1. The van der Waals surface area contributed by atoms with Gasteiger partial charge in [0.2, 0.25) is 0 Å². The van der Waals surface area contributed by atoms with Crippen LogP contribution in [0.2, 0.25) is 0 Å². The van der Waals surface area contributed by atoms with Crippen LogP contribution in [-0.4, -0.2) is 23.7 Å². The zero-order valence-electron chi connectivity index (χ0n) is 9.94. The van der Waals surface area contributed by atoms with Crippen molar-refractivity contribution in [1.82, 2.24) is 0 Å². The minimum atomic E-state index is -0.552. The van der Waals surface area contributed by atoms with Crippen molar-refractivity contribution in [2.75, 3.05) is 11.5 Å². The first-order chi connectivity index (χ1) is 8.54. The largest absolute Gasteiger partial charge is 0.481 e. The fourth-order valence-electron chi connectivity index (χ4n) is 1.88. The Morgan fingerprint density at radius 1 is 1.56 bits per heavy atom. The van der Waals surface area contributed by atoms with Crippen molar-refractivity contribution in [2.45, 2.75) is 19.9 Å². The van der Waals surface area contributed by atoms with Crippen molar-refractivity contribution in [3.63, 3.8) is 0 Å². The Balaban J connectivity index is 2.59. The average Bonchev–Trinajstić information content (AvgIpc) is 2.30. The third kappa shape index (κ3) is 2.12. The number of carbonyl (C=O) groups is 1. The number of nitrogens with zero attached hydrogens (tertiary/aromatic N) is 2. The molecule has 0 saturated carbocycles. The minimum absolute atomic E-state index is 0.0464. The van der Waals surface area contributed by atoms with Gasteiger partial charge in [0, 0.05) is 12.1 Å². The smallest absolute Gasteiger partial charge is 0.265 e. The van der Waals surface area contributed by atoms with E-state index in [-0.39, 0.29) is 24.2 Å². The van der Waals surface area contributed by atoms with E-state index in [9.17, 15) is 9.18 Å². The number of hydrogen-bond donors (Lipinski definition) is 0. The number of isothiocyanates is 1. The lowest BCUT2D eigenvalue weighted by Gasteiger charge is -2.32. The molecule has 1 aromatic rings. The topological polar surface area (TPSA) is 41.9 Å². The Bertz CT molecular complexity index is 553. The number of amides is 1. The van der Waals surface area contributed by atoms with Gasteiger partial charge in [0.05, 0.1) is 10.8 Å². The molecule has 2 rings (SSSR count). The molecule has 4 nitrogen and oxygen atoms in total. The summed E-state index contributed by atoms with van der Waals surface area (Å²) in [5.41, 5.74) is 0.555. The summed E-state index contributed by atoms with van der Waals surface area (Å²) in [4.78, 5) is 17.0. The molecule has 0 saturated heterocycles. The van der Waals surface area contributed by atoms with Crippen LogP contribution in [0.5, 0.6) is 5.75 Å². The van der Waals surface area contributed by atoms with Crippen LogP contribution in [0.25, 0.3) is 0 Å². The van der Waals surface area contributed by atoms with Crippen LogP contribution < -0.4 is 9.64 Å². The van der Waals surface area contributed by atoms with E-state index in [4.69, 9.17) is 4.74 Å². The summed E-state index contributed by atoms with van der Waals surface area (Å²) < 4.78 is 18.8. The van der Waals surface area contributed by atoms with E-state index < -0.39 is 5.82 Å². The lowest BCUT2D eigenvalue weighted by Crippen LogP contribution is -2.43. The van der Waals surface area contributed by atoms with Crippen LogP contribution in [0, 0.1) is 5.82 Å². The normalized spacial score (nSPS) is 14.0. The van der Waals surface area contributed by atoms with Crippen LogP contribution in [0.15, 0.2) is 17.1 Å². The molecule has 0 aliphatic carbocycles. The average molecular weight is 266 g/mol. The van der Waals surface area contributed by atoms with Gasteiger partial charge in [-0.1, -0.05) is 0 Å². The van der Waals surface area contributed by atoms with Gasteiger partial charge in [-0.15, -0.1) is 0 Å². The van der Waals surface area contributed by atoms with E-state index in [0.29, 0.717) is 11.4 Å². The number of rotatable bonds is 2. The fraction of sp³-hybridized carbons (Fsp3) is 0.333. The molecule has 1 aromatic carbocycles. The minimum Gasteiger partial charge on any atom is -0.481 e. The van der Waals surface area contributed by atoms with Crippen LogP contribution in [-0.2, 0) is 4.79 Å². The van der Waals surface area contributed by atoms with Gasteiger partial charge in [-0.25, -0.2) is 4.39 Å². The molecule has 0 fully saturated rings. The molecule has 0 N–H and O–H groups in total. The number of anilines is 1. The maximum absolute atomic E-state index is 13.6. The van der Waals surface area contributed by atoms with Gasteiger partial charge in [0.15, 0.2) is 12.4 Å². The van der Waals surface area contributed by atoms with Crippen molar-refractivity contribution in [3.8, 4) is 5.75 Å². The number of carbonyl (C=O) groups excluding carboxylic acids is 1. The third-order valence-electron chi connectivity index (χ3n) is 2.59. The number of fused-ring (bicyclic) bond motifs is 1. The van der Waals surface area contributed by atoms with Gasteiger partial charge in [-0.3, -0.25) is 4.79 Å². The molecule has 18 heavy (non-hydrogen) atoms. The molecule has 94 valence electrons. The third-order valence-corrected chi connectivity index (χ3v) is 2.68. The molecule has 0 atom stereocenters. The fourth-order valence-corrected chi connectivity index (χ4v) is 1.98. The molecular weight excluding hydrogens is 255 g/mol. The Morgan fingerprint density at radius 2 is 2.28 bits per heavy atom. The van der Waals surface area contributed by atoms with Crippen molar-refractivity contribution < 1.29 is 13.9 Å². The highest BCUT2D eigenvalue weighted by atomic mass is 32.1. The van der Waals surface area contributed by atoms with Crippen LogP contribution in [0.3, 0.4) is 0 Å². The first-order valence-corrected chi connectivity index (χ1v) is 5.81. The zero-order chi connectivity index (χ0) is 13.3. The molecule has 0 unspecified atom stereocenters. The first-order valence-electron chi connectivity index (χ1n) is 5.41. The van der Waals surface area contributed by atoms with Gasteiger partial charge in [0.25, 0.3) is 5.91 Å². The van der Waals surface area contributed by atoms with Gasteiger partial charge in [-0.05, 0) is 32.1 Å². The van der Waals surface area contributed by atoms with Gasteiger partial charge in [0.1, 0.15) is 11.4 Å². The van der Waals surface area contributed by atoms with E-state index in [1.54, 1.807) is 4.90 Å². The van der Waals surface area contributed by atoms with E-state index in [2.05, 4.69) is 22.4 Å². The summed E-state index contributed by atoms with van der Waals surface area (Å²) in [6, 6.07) is 2.61. The highest BCUT2D eigenvalue weighted by Crippen LogP contribution is 2.38. The lowest BCUT2D eigenvalue weighted by molar-refractivity contribution is -0.121. The van der Waals surface area contributed by atoms with Crippen LogP contribution in [0.1, 0.15) is 13.8 Å². The number of aliphatic imine (C=N–C) groups is 1. The molecule has 1 heterocycles. The maximum atomic E-state index is 13.6. The van der Waals surface area contributed by atoms with Crippen molar-refractivity contribution in [1.29, 1.82) is 0 Å². The van der Waals surface area contributed by atoms with E-state index >= 15 is 0 Å². The van der Waals surface area contributed by atoms with E-state index in [1.807, 2.05) is 13.8 Å². The van der Waals surface area contributed by atoms with Crippen molar-refractivity contribution in [2.24, 2.45) is 4.99 Å². The highest BCUT2D eigenvalue weighted by Gasteiger charge is 2.29. The SMILES string of the molecule is CC(C)N1C(=O)COc2cc(F)c(N=C=S)cc21. The van der Waals surface area contributed by atoms with Crippen molar-refractivity contribution >= 4 is 34.7 Å². The molecule has 0 spiro atoms. The maximum Gasteiger partial charge on any atom is 0.265 e. The second-order valence-corrected chi connectivity index (χ2v) is 4.30. The Kier molecular flexibility index (Phi) is 3.41. The molecule has 0 radical (unpaired) electrons. The first kappa shape index (κ1) is 12.7. The Morgan fingerprint density at radius 3 is 2.89 bits per heavy atom. The molecule has 1 aliphatic heterocycles. The second-order valence-electron chi connectivity index (χ2n) is 4.12. The predicted octanol–water partition coefficient (Wildman–Crippen LogP) is 2.69. The number of hydrogen-bond acceptors (Lipinski definition) is 4. The van der Waals surface area contributed by atoms with E-state index in [0.717, 1.165) is 0 Å². The van der Waals surface area contributed by atoms with Crippen LogP contribution >= 0.6 is 12.2 Å². The molecule has 6 heteroatoms. The number of benzene rings is 1. The van der Waals surface area contributed by atoms with Crippen molar-refractivity contribution in [3.05, 3.63) is 17.9 Å². The summed E-state index contributed by atoms with van der Waals surface area (Å²) in [6.07, 6.45) is 0. The Labute approximate surface area is 109 Å². The summed E-state index contributed by atoms with van der Waals surface area (Å²) in [7, 11) is 0. The molecule has 1 aliphatic rings. The van der Waals surface area contributed by atoms with Gasteiger partial charge in [-0.2, -0.15) is 4.99 Å². The second kappa shape index (κ2) is 4.84. The number of ether oxygens (including phenoxy) is 1. The summed E-state index contributed by atoms with van der Waals surface area (Å²) in [6.45, 7) is 3.66. The Hall–Kier alpha value is -1.78. The van der Waals surface area contributed by atoms with Gasteiger partial charge < -0.3 is 9.64 Å². The van der Waals surface area contributed by atoms with E-state index in [1.165, 1.54) is 12.1 Å². The lowest BCUT2D eigenvalue weighted by atomic mass is 10.1.